The van der Waals surface area contributed by atoms with Gasteiger partial charge in [-0.2, -0.15) is 0 Å². The molecule has 33 heavy (non-hydrogen) atoms. The highest BCUT2D eigenvalue weighted by molar-refractivity contribution is 5.87. The highest BCUT2D eigenvalue weighted by atomic mass is 16.7. The van der Waals surface area contributed by atoms with E-state index in [-0.39, 0.29) is 17.9 Å². The fourth-order valence-corrected chi connectivity index (χ4v) is 3.98. The van der Waals surface area contributed by atoms with Gasteiger partial charge in [0.1, 0.15) is 12.4 Å². The number of carboxylic acid groups (broad SMARTS) is 1. The van der Waals surface area contributed by atoms with Crippen LogP contribution in [0.5, 0.6) is 5.75 Å². The van der Waals surface area contributed by atoms with Crippen LogP contribution in [0.3, 0.4) is 0 Å². The summed E-state index contributed by atoms with van der Waals surface area (Å²) in [5, 5.41) is 9.40. The molecule has 0 radical (unpaired) electrons. The van der Waals surface area contributed by atoms with Gasteiger partial charge in [0.15, 0.2) is 6.29 Å². The number of benzene rings is 3. The van der Waals surface area contributed by atoms with Crippen LogP contribution < -0.4 is 10.5 Å². The molecule has 0 spiro atoms. The average molecular weight is 448 g/mol. The number of nitrogens with two attached hydrogens (primary N) is 1. The quantitative estimate of drug-likeness (QED) is 0.468. The van der Waals surface area contributed by atoms with Gasteiger partial charge in [-0.1, -0.05) is 48.5 Å². The summed E-state index contributed by atoms with van der Waals surface area (Å²) in [5.74, 6) is -0.214. The van der Waals surface area contributed by atoms with Crippen molar-refractivity contribution < 1.29 is 24.1 Å². The van der Waals surface area contributed by atoms with Gasteiger partial charge < -0.3 is 25.1 Å². The Morgan fingerprint density at radius 1 is 0.970 bits per heavy atom. The lowest BCUT2D eigenvalue weighted by molar-refractivity contribution is -0.0475. The first-order valence-electron chi connectivity index (χ1n) is 11.2. The van der Waals surface area contributed by atoms with Crippen molar-refractivity contribution in [3.8, 4) is 5.75 Å². The maximum absolute atomic E-state index is 11.5. The van der Waals surface area contributed by atoms with Crippen LogP contribution in [0.2, 0.25) is 0 Å². The molecule has 1 atom stereocenters. The Balaban J connectivity index is 1.44. The zero-order valence-corrected chi connectivity index (χ0v) is 18.5. The minimum Gasteiger partial charge on any atom is -0.489 e. The summed E-state index contributed by atoms with van der Waals surface area (Å²) in [6, 6.07) is 22.7. The predicted molar refractivity (Wildman–Crippen MR) is 125 cm³/mol. The summed E-state index contributed by atoms with van der Waals surface area (Å²) in [4.78, 5) is 11.5. The number of carbonyl (C=O) groups is 1. The standard InChI is InChI=1S/C27H29NO5/c28-26(19-6-2-1-3-7-19)21-9-4-10-24(17-21)33-18-23-13-12-22(27(29)30)16-20(23)8-5-11-25-31-14-15-32-25/h1-4,6-7,9-10,12-13,16-17,25-26H,5,8,11,14-15,18,28H2,(H,29,30). The van der Waals surface area contributed by atoms with Gasteiger partial charge in [0, 0.05) is 0 Å². The van der Waals surface area contributed by atoms with Gasteiger partial charge in [-0.3, -0.25) is 0 Å². The largest absolute Gasteiger partial charge is 0.489 e. The lowest BCUT2D eigenvalue weighted by Crippen LogP contribution is -2.12. The fraction of sp³-hybridized carbons (Fsp3) is 0.296. The molecule has 1 saturated heterocycles. The van der Waals surface area contributed by atoms with Crippen molar-refractivity contribution in [1.82, 2.24) is 0 Å². The predicted octanol–water partition coefficient (Wildman–Crippen LogP) is 4.71. The normalized spacial score (nSPS) is 14.8. The van der Waals surface area contributed by atoms with Crippen LogP contribution in [-0.4, -0.2) is 30.6 Å². The molecule has 172 valence electrons. The maximum atomic E-state index is 11.5. The van der Waals surface area contributed by atoms with Crippen molar-refractivity contribution in [2.75, 3.05) is 13.2 Å². The van der Waals surface area contributed by atoms with Crippen LogP contribution in [-0.2, 0) is 22.5 Å². The van der Waals surface area contributed by atoms with Gasteiger partial charge >= 0.3 is 5.97 Å². The molecule has 0 aromatic heterocycles. The molecule has 1 aliphatic rings. The zero-order chi connectivity index (χ0) is 23.0. The van der Waals surface area contributed by atoms with Gasteiger partial charge in [0.05, 0.1) is 24.8 Å². The van der Waals surface area contributed by atoms with Crippen LogP contribution in [0, 0.1) is 0 Å². The molecule has 1 heterocycles. The Bertz CT molecular complexity index is 1060. The Morgan fingerprint density at radius 2 is 1.73 bits per heavy atom. The summed E-state index contributed by atoms with van der Waals surface area (Å²) >= 11 is 0. The Hall–Kier alpha value is -3.19. The third-order valence-electron chi connectivity index (χ3n) is 5.80. The molecule has 0 saturated carbocycles. The first-order chi connectivity index (χ1) is 16.1. The van der Waals surface area contributed by atoms with E-state index in [9.17, 15) is 9.90 Å². The molecule has 1 unspecified atom stereocenters. The van der Waals surface area contributed by atoms with E-state index < -0.39 is 5.97 Å². The number of carboxylic acids is 1. The summed E-state index contributed by atoms with van der Waals surface area (Å²) in [7, 11) is 0. The molecule has 3 aromatic rings. The van der Waals surface area contributed by atoms with Gasteiger partial charge in [0.2, 0.25) is 0 Å². The maximum Gasteiger partial charge on any atom is 0.335 e. The smallest absolute Gasteiger partial charge is 0.335 e. The third kappa shape index (κ3) is 6.20. The van der Waals surface area contributed by atoms with E-state index in [1.165, 1.54) is 0 Å². The summed E-state index contributed by atoms with van der Waals surface area (Å²) in [6.07, 6.45) is 2.17. The van der Waals surface area contributed by atoms with E-state index in [0.29, 0.717) is 19.8 Å². The van der Waals surface area contributed by atoms with Crippen molar-refractivity contribution in [1.29, 1.82) is 0 Å². The molecule has 6 heteroatoms. The van der Waals surface area contributed by atoms with Crippen molar-refractivity contribution in [2.24, 2.45) is 5.73 Å². The Morgan fingerprint density at radius 3 is 2.48 bits per heavy atom. The number of rotatable bonds is 10. The minimum atomic E-state index is -0.936. The second kappa shape index (κ2) is 11.1. The van der Waals surface area contributed by atoms with Crippen LogP contribution in [0.4, 0.5) is 0 Å². The minimum absolute atomic E-state index is 0.163. The number of hydrogen-bond acceptors (Lipinski definition) is 5. The number of aryl methyl sites for hydroxylation is 1. The summed E-state index contributed by atoms with van der Waals surface area (Å²) in [6.45, 7) is 1.60. The SMILES string of the molecule is NC(c1ccccc1)c1cccc(OCc2ccc(C(=O)O)cc2CCCC2OCCO2)c1. The highest BCUT2D eigenvalue weighted by Gasteiger charge is 2.16. The first-order valence-corrected chi connectivity index (χ1v) is 11.2. The summed E-state index contributed by atoms with van der Waals surface area (Å²) in [5.41, 5.74) is 10.6. The van der Waals surface area contributed by atoms with Crippen LogP contribution in [0.15, 0.2) is 72.8 Å². The van der Waals surface area contributed by atoms with E-state index in [1.54, 1.807) is 12.1 Å². The molecule has 4 rings (SSSR count). The molecule has 3 N–H and O–H groups in total. The average Bonchev–Trinajstić information content (AvgIpc) is 3.37. The van der Waals surface area contributed by atoms with Crippen LogP contribution in [0.1, 0.15) is 51.5 Å². The van der Waals surface area contributed by atoms with E-state index >= 15 is 0 Å². The van der Waals surface area contributed by atoms with Crippen LogP contribution >= 0.6 is 0 Å². The van der Waals surface area contributed by atoms with E-state index in [1.807, 2.05) is 60.7 Å². The first kappa shape index (κ1) is 23.0. The third-order valence-corrected chi connectivity index (χ3v) is 5.80. The van der Waals surface area contributed by atoms with Crippen molar-refractivity contribution in [2.45, 2.75) is 38.2 Å². The van der Waals surface area contributed by atoms with E-state index in [2.05, 4.69) is 0 Å². The van der Waals surface area contributed by atoms with Gasteiger partial charge in [0.25, 0.3) is 0 Å². The highest BCUT2D eigenvalue weighted by Crippen LogP contribution is 2.25. The second-order valence-electron chi connectivity index (χ2n) is 8.10. The second-order valence-corrected chi connectivity index (χ2v) is 8.10. The fourth-order valence-electron chi connectivity index (χ4n) is 3.98. The molecule has 6 nitrogen and oxygen atoms in total. The number of ether oxygens (including phenoxy) is 3. The van der Waals surface area contributed by atoms with E-state index in [4.69, 9.17) is 19.9 Å². The molecule has 1 fully saturated rings. The monoisotopic (exact) mass is 447 g/mol. The van der Waals surface area contributed by atoms with E-state index in [0.717, 1.165) is 47.3 Å². The topological polar surface area (TPSA) is 91.0 Å². The molecule has 1 aliphatic heterocycles. The van der Waals surface area contributed by atoms with Gasteiger partial charge in [-0.25, -0.2) is 4.79 Å². The molecular formula is C27H29NO5. The zero-order valence-electron chi connectivity index (χ0n) is 18.5. The van der Waals surface area contributed by atoms with Crippen molar-refractivity contribution >= 4 is 5.97 Å². The lowest BCUT2D eigenvalue weighted by atomic mass is 9.99. The lowest BCUT2D eigenvalue weighted by Gasteiger charge is -2.16. The Kier molecular flexibility index (Phi) is 7.73. The molecule has 0 bridgehead atoms. The van der Waals surface area contributed by atoms with Crippen molar-refractivity contribution in [3.05, 3.63) is 101 Å². The molecule has 0 aliphatic carbocycles. The molecular weight excluding hydrogens is 418 g/mol. The summed E-state index contributed by atoms with van der Waals surface area (Å²) < 4.78 is 17.1. The Labute approximate surface area is 193 Å². The number of hydrogen-bond donors (Lipinski definition) is 2. The molecule has 3 aromatic carbocycles. The van der Waals surface area contributed by atoms with Gasteiger partial charge in [-0.05, 0) is 65.8 Å². The number of aromatic carboxylic acids is 1. The van der Waals surface area contributed by atoms with Crippen LogP contribution in [0.25, 0.3) is 0 Å². The molecule has 0 amide bonds. The van der Waals surface area contributed by atoms with Crippen molar-refractivity contribution in [3.63, 3.8) is 0 Å². The van der Waals surface area contributed by atoms with Gasteiger partial charge in [-0.15, -0.1) is 0 Å².